The van der Waals surface area contributed by atoms with Crippen LogP contribution in [0.4, 0.5) is 0 Å². The molecule has 1 saturated carbocycles. The van der Waals surface area contributed by atoms with Crippen molar-refractivity contribution in [3.8, 4) is 0 Å². The van der Waals surface area contributed by atoms with Crippen molar-refractivity contribution < 1.29 is 14.6 Å². The second-order valence-corrected chi connectivity index (χ2v) is 4.60. The largest absolute Gasteiger partial charge is 0.391 e. The Labute approximate surface area is 98.5 Å². The van der Waals surface area contributed by atoms with E-state index < -0.39 is 0 Å². The van der Waals surface area contributed by atoms with Crippen molar-refractivity contribution >= 4 is 0 Å². The molecule has 3 unspecified atom stereocenters. The van der Waals surface area contributed by atoms with Crippen LogP contribution in [0.5, 0.6) is 0 Å². The van der Waals surface area contributed by atoms with Gasteiger partial charge in [-0.15, -0.1) is 0 Å². The quantitative estimate of drug-likeness (QED) is 0.706. The van der Waals surface area contributed by atoms with E-state index in [9.17, 15) is 5.11 Å². The van der Waals surface area contributed by atoms with E-state index in [1.54, 1.807) is 14.2 Å². The number of methoxy groups -OCH3 is 2. The molecule has 0 aromatic heterocycles. The van der Waals surface area contributed by atoms with Gasteiger partial charge >= 0.3 is 0 Å². The van der Waals surface area contributed by atoms with Gasteiger partial charge in [-0.05, 0) is 26.2 Å². The lowest BCUT2D eigenvalue weighted by atomic mass is 10.1. The van der Waals surface area contributed by atoms with E-state index in [4.69, 9.17) is 9.47 Å². The Balaban J connectivity index is 2.54. The second kappa shape index (κ2) is 7.22. The van der Waals surface area contributed by atoms with Crippen molar-refractivity contribution in [2.45, 2.75) is 44.4 Å². The Kier molecular flexibility index (Phi) is 6.28. The van der Waals surface area contributed by atoms with Gasteiger partial charge in [0.2, 0.25) is 0 Å². The van der Waals surface area contributed by atoms with Gasteiger partial charge in [-0.1, -0.05) is 0 Å². The van der Waals surface area contributed by atoms with Gasteiger partial charge in [0.1, 0.15) is 0 Å². The minimum Gasteiger partial charge on any atom is -0.391 e. The summed E-state index contributed by atoms with van der Waals surface area (Å²) >= 11 is 0. The maximum absolute atomic E-state index is 9.95. The highest BCUT2D eigenvalue weighted by Gasteiger charge is 2.32. The van der Waals surface area contributed by atoms with Crippen LogP contribution < -0.4 is 0 Å². The molecule has 0 saturated heterocycles. The zero-order chi connectivity index (χ0) is 12.0. The van der Waals surface area contributed by atoms with Crippen LogP contribution in [-0.2, 0) is 9.47 Å². The minimum absolute atomic E-state index is 0.184. The Hall–Kier alpha value is -0.160. The molecule has 0 radical (unpaired) electrons. The number of hydrogen-bond donors (Lipinski definition) is 1. The predicted molar refractivity (Wildman–Crippen MR) is 63.6 cm³/mol. The van der Waals surface area contributed by atoms with Gasteiger partial charge in [0.15, 0.2) is 0 Å². The van der Waals surface area contributed by atoms with Crippen LogP contribution in [0.15, 0.2) is 0 Å². The monoisotopic (exact) mass is 231 g/mol. The number of ether oxygens (including phenoxy) is 2. The summed E-state index contributed by atoms with van der Waals surface area (Å²) in [6.45, 7) is 4.41. The molecule has 1 N–H and O–H groups in total. The van der Waals surface area contributed by atoms with E-state index >= 15 is 0 Å². The second-order valence-electron chi connectivity index (χ2n) is 4.60. The summed E-state index contributed by atoms with van der Waals surface area (Å²) in [6.07, 6.45) is 2.94. The average Bonchev–Trinajstić information content (AvgIpc) is 2.66. The van der Waals surface area contributed by atoms with E-state index in [1.807, 2.05) is 0 Å². The van der Waals surface area contributed by atoms with Crippen LogP contribution in [0.1, 0.15) is 26.2 Å². The molecule has 0 heterocycles. The molecule has 3 atom stereocenters. The van der Waals surface area contributed by atoms with Crippen LogP contribution in [0.2, 0.25) is 0 Å². The first-order chi connectivity index (χ1) is 7.70. The molecule has 4 nitrogen and oxygen atoms in total. The zero-order valence-corrected chi connectivity index (χ0v) is 10.7. The standard InChI is InChI=1S/C12H25NO3/c1-10(9-16-3)13(7-8-15-2)11-5-4-6-12(11)14/h10-12,14H,4-9H2,1-3H3. The third-order valence-corrected chi connectivity index (χ3v) is 3.40. The molecule has 0 aromatic rings. The Bertz CT molecular complexity index is 189. The summed E-state index contributed by atoms with van der Waals surface area (Å²) in [4.78, 5) is 2.32. The van der Waals surface area contributed by atoms with E-state index in [0.717, 1.165) is 25.8 Å². The number of rotatable bonds is 7. The first-order valence-electron chi connectivity index (χ1n) is 6.12. The molecule has 0 aromatic carbocycles. The Morgan fingerprint density at radius 1 is 1.31 bits per heavy atom. The zero-order valence-electron chi connectivity index (χ0n) is 10.7. The van der Waals surface area contributed by atoms with E-state index in [0.29, 0.717) is 19.3 Å². The van der Waals surface area contributed by atoms with E-state index in [-0.39, 0.29) is 12.1 Å². The number of aliphatic hydroxyl groups is 1. The lowest BCUT2D eigenvalue weighted by molar-refractivity contribution is 0.00628. The highest BCUT2D eigenvalue weighted by Crippen LogP contribution is 2.25. The fraction of sp³-hybridized carbons (Fsp3) is 1.00. The lowest BCUT2D eigenvalue weighted by Crippen LogP contribution is -2.48. The van der Waals surface area contributed by atoms with Crippen molar-refractivity contribution in [3.05, 3.63) is 0 Å². The molecule has 16 heavy (non-hydrogen) atoms. The fourth-order valence-electron chi connectivity index (χ4n) is 2.55. The predicted octanol–water partition coefficient (Wildman–Crippen LogP) is 0.883. The highest BCUT2D eigenvalue weighted by atomic mass is 16.5. The summed E-state index contributed by atoms with van der Waals surface area (Å²) in [5, 5.41) is 9.95. The van der Waals surface area contributed by atoms with Crippen LogP contribution in [0.3, 0.4) is 0 Å². The van der Waals surface area contributed by atoms with Crippen LogP contribution >= 0.6 is 0 Å². The normalized spacial score (nSPS) is 27.6. The maximum atomic E-state index is 9.95. The summed E-state index contributed by atoms with van der Waals surface area (Å²) in [5.41, 5.74) is 0. The first-order valence-corrected chi connectivity index (χ1v) is 6.12. The summed E-state index contributed by atoms with van der Waals surface area (Å²) in [5.74, 6) is 0. The molecule has 1 fully saturated rings. The number of aliphatic hydroxyl groups excluding tert-OH is 1. The molecule has 0 bridgehead atoms. The molecule has 1 aliphatic carbocycles. The van der Waals surface area contributed by atoms with Gasteiger partial charge in [0, 0.05) is 32.8 Å². The molecular formula is C12H25NO3. The highest BCUT2D eigenvalue weighted by molar-refractivity contribution is 4.87. The molecule has 0 aliphatic heterocycles. The SMILES string of the molecule is COCCN(C(C)COC)C1CCCC1O. The average molecular weight is 231 g/mol. The molecular weight excluding hydrogens is 206 g/mol. The topological polar surface area (TPSA) is 41.9 Å². The lowest BCUT2D eigenvalue weighted by Gasteiger charge is -2.35. The third kappa shape index (κ3) is 3.70. The molecule has 0 spiro atoms. The van der Waals surface area contributed by atoms with Gasteiger partial charge in [-0.2, -0.15) is 0 Å². The first kappa shape index (κ1) is 13.9. The van der Waals surface area contributed by atoms with E-state index in [2.05, 4.69) is 11.8 Å². The van der Waals surface area contributed by atoms with Gasteiger partial charge in [0.25, 0.3) is 0 Å². The molecule has 1 rings (SSSR count). The van der Waals surface area contributed by atoms with E-state index in [1.165, 1.54) is 0 Å². The summed E-state index contributed by atoms with van der Waals surface area (Å²) < 4.78 is 10.3. The van der Waals surface area contributed by atoms with Gasteiger partial charge in [-0.3, -0.25) is 4.90 Å². The van der Waals surface area contributed by atoms with Gasteiger partial charge in [0.05, 0.1) is 19.3 Å². The van der Waals surface area contributed by atoms with Crippen molar-refractivity contribution in [1.82, 2.24) is 4.90 Å². The number of hydrogen-bond acceptors (Lipinski definition) is 4. The van der Waals surface area contributed by atoms with Crippen LogP contribution in [-0.4, -0.2) is 62.2 Å². The molecule has 96 valence electrons. The maximum Gasteiger partial charge on any atom is 0.0695 e. The molecule has 0 amide bonds. The smallest absolute Gasteiger partial charge is 0.0695 e. The Morgan fingerprint density at radius 3 is 2.56 bits per heavy atom. The number of nitrogens with zero attached hydrogens (tertiary/aromatic N) is 1. The van der Waals surface area contributed by atoms with Crippen LogP contribution in [0.25, 0.3) is 0 Å². The van der Waals surface area contributed by atoms with Gasteiger partial charge in [-0.25, -0.2) is 0 Å². The fourth-order valence-corrected chi connectivity index (χ4v) is 2.55. The minimum atomic E-state index is -0.184. The summed E-state index contributed by atoms with van der Waals surface area (Å²) in [6, 6.07) is 0.609. The van der Waals surface area contributed by atoms with Crippen molar-refractivity contribution in [3.63, 3.8) is 0 Å². The third-order valence-electron chi connectivity index (χ3n) is 3.40. The van der Waals surface area contributed by atoms with Crippen molar-refractivity contribution in [2.75, 3.05) is 34.0 Å². The summed E-state index contributed by atoms with van der Waals surface area (Å²) in [7, 11) is 3.43. The Morgan fingerprint density at radius 2 is 2.06 bits per heavy atom. The molecule has 4 heteroatoms. The molecule has 1 aliphatic rings. The van der Waals surface area contributed by atoms with Crippen molar-refractivity contribution in [2.24, 2.45) is 0 Å². The van der Waals surface area contributed by atoms with Gasteiger partial charge < -0.3 is 14.6 Å². The van der Waals surface area contributed by atoms with Crippen LogP contribution in [0, 0.1) is 0 Å². The van der Waals surface area contributed by atoms with Crippen molar-refractivity contribution in [1.29, 1.82) is 0 Å².